The molecule has 0 spiro atoms. The lowest BCUT2D eigenvalue weighted by molar-refractivity contribution is 0.0956. The van der Waals surface area contributed by atoms with E-state index in [9.17, 15) is 26.8 Å². The zero-order valence-electron chi connectivity index (χ0n) is 17.9. The first-order valence-corrected chi connectivity index (χ1v) is 12.0. The predicted octanol–water partition coefficient (Wildman–Crippen LogP) is 3.92. The summed E-state index contributed by atoms with van der Waals surface area (Å²) in [7, 11) is -3.73. The Kier molecular flexibility index (Phi) is 7.65. The summed E-state index contributed by atoms with van der Waals surface area (Å²) >= 11 is 6.31. The maximum absolute atomic E-state index is 13.9. The van der Waals surface area contributed by atoms with Crippen molar-refractivity contribution in [3.05, 3.63) is 93.5 Å². The third kappa shape index (κ3) is 6.37. The Morgan fingerprint density at radius 1 is 1.00 bits per heavy atom. The molecule has 178 valence electrons. The van der Waals surface area contributed by atoms with Gasteiger partial charge < -0.3 is 10.6 Å². The Morgan fingerprint density at radius 3 is 2.38 bits per heavy atom. The normalized spacial score (nSPS) is 11.2. The highest BCUT2D eigenvalue weighted by atomic mass is 35.5. The molecule has 0 saturated heterocycles. The van der Waals surface area contributed by atoms with E-state index in [2.05, 4.69) is 10.6 Å². The molecule has 34 heavy (non-hydrogen) atoms. The molecule has 0 atom stereocenters. The van der Waals surface area contributed by atoms with Crippen LogP contribution in [0.1, 0.15) is 31.8 Å². The fourth-order valence-corrected chi connectivity index (χ4v) is 3.74. The minimum Gasteiger partial charge on any atom is -0.353 e. The molecule has 3 aromatic carbocycles. The highest BCUT2D eigenvalue weighted by Crippen LogP contribution is 2.28. The highest BCUT2D eigenvalue weighted by molar-refractivity contribution is 7.89. The number of amides is 1. The van der Waals surface area contributed by atoms with Gasteiger partial charge in [0.05, 0.1) is 16.5 Å². The van der Waals surface area contributed by atoms with E-state index in [-0.39, 0.29) is 33.9 Å². The number of sulfonamides is 1. The fourth-order valence-electron chi connectivity index (χ4n) is 3.09. The van der Waals surface area contributed by atoms with Crippen LogP contribution < -0.4 is 15.8 Å². The number of nitrogens with two attached hydrogens (primary N) is 1. The average Bonchev–Trinajstić information content (AvgIpc) is 2.75. The van der Waals surface area contributed by atoms with Crippen molar-refractivity contribution in [2.75, 3.05) is 17.6 Å². The average molecular weight is 508 g/mol. The maximum Gasteiger partial charge on any atom is 0.251 e. The van der Waals surface area contributed by atoms with Crippen molar-refractivity contribution in [3.8, 4) is 0 Å². The van der Waals surface area contributed by atoms with Gasteiger partial charge in [-0.05, 0) is 55.0 Å². The molecule has 0 aliphatic heterocycles. The SMILES string of the molecule is Cc1ccc(C(=O)NCCS(N)(=O)=O)cc1C(=O)c1ccc(Nc2ccc(F)cc2F)cc1Cl. The molecule has 0 fully saturated rings. The van der Waals surface area contributed by atoms with E-state index >= 15 is 0 Å². The minimum atomic E-state index is -3.73. The van der Waals surface area contributed by atoms with E-state index in [1.165, 1.54) is 36.4 Å². The molecule has 0 saturated carbocycles. The Morgan fingerprint density at radius 2 is 1.74 bits per heavy atom. The van der Waals surface area contributed by atoms with Crippen LogP contribution in [0.5, 0.6) is 0 Å². The molecule has 0 bridgehead atoms. The molecule has 7 nitrogen and oxygen atoms in total. The first kappa shape index (κ1) is 25.3. The Hall–Kier alpha value is -3.34. The van der Waals surface area contributed by atoms with E-state index < -0.39 is 39.1 Å². The molecule has 3 rings (SSSR count). The van der Waals surface area contributed by atoms with E-state index in [1.807, 2.05) is 0 Å². The number of nitrogens with one attached hydrogen (secondary N) is 2. The van der Waals surface area contributed by atoms with Crippen molar-refractivity contribution in [1.82, 2.24) is 5.32 Å². The van der Waals surface area contributed by atoms with Crippen molar-refractivity contribution in [1.29, 1.82) is 0 Å². The fraction of sp³-hybridized carbons (Fsp3) is 0.130. The van der Waals surface area contributed by atoms with Crippen molar-refractivity contribution in [2.45, 2.75) is 6.92 Å². The van der Waals surface area contributed by atoms with Crippen LogP contribution in [-0.4, -0.2) is 32.4 Å². The second-order valence-electron chi connectivity index (χ2n) is 7.43. The quantitative estimate of drug-likeness (QED) is 0.399. The number of aryl methyl sites for hydroxylation is 1. The zero-order chi connectivity index (χ0) is 25.0. The maximum atomic E-state index is 13.9. The van der Waals surface area contributed by atoms with Crippen molar-refractivity contribution >= 4 is 44.7 Å². The molecule has 3 aromatic rings. The van der Waals surface area contributed by atoms with Crippen LogP contribution in [0, 0.1) is 18.6 Å². The van der Waals surface area contributed by atoms with Gasteiger partial charge in [0.15, 0.2) is 5.78 Å². The van der Waals surface area contributed by atoms with Crippen LogP contribution in [0.4, 0.5) is 20.2 Å². The molecule has 0 aliphatic carbocycles. The Labute approximate surface area is 200 Å². The van der Waals surface area contributed by atoms with Gasteiger partial charge >= 0.3 is 0 Å². The van der Waals surface area contributed by atoms with E-state index in [0.717, 1.165) is 12.1 Å². The van der Waals surface area contributed by atoms with Crippen LogP contribution in [-0.2, 0) is 10.0 Å². The van der Waals surface area contributed by atoms with Gasteiger partial charge in [-0.3, -0.25) is 9.59 Å². The van der Waals surface area contributed by atoms with E-state index in [1.54, 1.807) is 13.0 Å². The number of carbonyl (C=O) groups excluding carboxylic acids is 2. The van der Waals surface area contributed by atoms with Crippen LogP contribution >= 0.6 is 11.6 Å². The zero-order valence-corrected chi connectivity index (χ0v) is 19.4. The highest BCUT2D eigenvalue weighted by Gasteiger charge is 2.18. The lowest BCUT2D eigenvalue weighted by Gasteiger charge is -2.12. The topological polar surface area (TPSA) is 118 Å². The van der Waals surface area contributed by atoms with Gasteiger partial charge in [-0.15, -0.1) is 0 Å². The monoisotopic (exact) mass is 507 g/mol. The summed E-state index contributed by atoms with van der Waals surface area (Å²) in [6.45, 7) is 1.51. The number of benzene rings is 3. The molecule has 0 heterocycles. The van der Waals surface area contributed by atoms with Crippen molar-refractivity contribution in [2.24, 2.45) is 5.14 Å². The van der Waals surface area contributed by atoms with Crippen LogP contribution in [0.15, 0.2) is 54.6 Å². The number of primary sulfonamides is 1. The molecule has 1 amide bonds. The number of rotatable bonds is 8. The largest absolute Gasteiger partial charge is 0.353 e. The molecule has 0 unspecified atom stereocenters. The lowest BCUT2D eigenvalue weighted by Crippen LogP contribution is -2.31. The number of halogens is 3. The molecule has 0 radical (unpaired) electrons. The minimum absolute atomic E-state index is 0.0357. The van der Waals surface area contributed by atoms with Gasteiger partial charge in [-0.2, -0.15) is 0 Å². The summed E-state index contributed by atoms with van der Waals surface area (Å²) in [5, 5.41) is 10.2. The number of carbonyl (C=O) groups is 2. The summed E-state index contributed by atoms with van der Waals surface area (Å²) in [5.41, 5.74) is 1.55. The Bertz CT molecular complexity index is 1380. The smallest absolute Gasteiger partial charge is 0.251 e. The van der Waals surface area contributed by atoms with Gasteiger partial charge in [0.25, 0.3) is 5.91 Å². The second-order valence-corrected chi connectivity index (χ2v) is 9.57. The van der Waals surface area contributed by atoms with Crippen molar-refractivity contribution in [3.63, 3.8) is 0 Å². The molecule has 4 N–H and O–H groups in total. The van der Waals surface area contributed by atoms with Crippen molar-refractivity contribution < 1.29 is 26.8 Å². The summed E-state index contributed by atoms with van der Waals surface area (Å²) in [6, 6.07) is 12.0. The first-order chi connectivity index (χ1) is 15.9. The van der Waals surface area contributed by atoms with Gasteiger partial charge in [0.1, 0.15) is 11.6 Å². The van der Waals surface area contributed by atoms with Gasteiger partial charge in [-0.25, -0.2) is 22.3 Å². The summed E-state index contributed by atoms with van der Waals surface area (Å²) in [6.07, 6.45) is 0. The van der Waals surface area contributed by atoms with Gasteiger partial charge in [0.2, 0.25) is 10.0 Å². The molecule has 0 aromatic heterocycles. The third-order valence-corrected chi connectivity index (χ3v) is 5.93. The standard InChI is InChI=1S/C23H20ClF2N3O4S/c1-13-2-3-14(23(31)28-8-9-34(27,32)33)10-18(13)22(30)17-6-5-16(12-19(17)24)29-21-7-4-15(25)11-20(21)26/h2-7,10-12,29H,8-9H2,1H3,(H,28,31)(H2,27,32,33). The predicted molar refractivity (Wildman–Crippen MR) is 126 cm³/mol. The number of hydrogen-bond acceptors (Lipinski definition) is 5. The van der Waals surface area contributed by atoms with E-state index in [4.69, 9.17) is 16.7 Å². The summed E-state index contributed by atoms with van der Waals surface area (Å²) in [5.74, 6) is -2.93. The molecular formula is C23H20ClF2N3O4S. The summed E-state index contributed by atoms with van der Waals surface area (Å²) in [4.78, 5) is 25.5. The Balaban J connectivity index is 1.80. The van der Waals surface area contributed by atoms with E-state index in [0.29, 0.717) is 11.3 Å². The van der Waals surface area contributed by atoms with Crippen LogP contribution in [0.2, 0.25) is 5.02 Å². The van der Waals surface area contributed by atoms with Gasteiger partial charge in [0, 0.05) is 35.0 Å². The van der Waals surface area contributed by atoms with Crippen LogP contribution in [0.3, 0.4) is 0 Å². The number of hydrogen-bond donors (Lipinski definition) is 3. The van der Waals surface area contributed by atoms with Crippen LogP contribution in [0.25, 0.3) is 0 Å². The number of anilines is 2. The third-order valence-electron chi connectivity index (χ3n) is 4.84. The molecular weight excluding hydrogens is 488 g/mol. The first-order valence-electron chi connectivity index (χ1n) is 9.90. The van der Waals surface area contributed by atoms with Gasteiger partial charge in [-0.1, -0.05) is 17.7 Å². The molecule has 0 aliphatic rings. The molecule has 11 heteroatoms. The lowest BCUT2D eigenvalue weighted by atomic mass is 9.96. The summed E-state index contributed by atoms with van der Waals surface area (Å²) < 4.78 is 49.0. The second kappa shape index (κ2) is 10.3. The number of ketones is 1.